The van der Waals surface area contributed by atoms with Gasteiger partial charge in [0.05, 0.1) is 21.8 Å². The molecule has 3 aromatic rings. The van der Waals surface area contributed by atoms with Gasteiger partial charge in [0.15, 0.2) is 0 Å². The van der Waals surface area contributed by atoms with Crippen LogP contribution in [0.4, 0.5) is 17.6 Å². The summed E-state index contributed by atoms with van der Waals surface area (Å²) in [5.74, 6) is -1.04. The Morgan fingerprint density at radius 2 is 1.70 bits per heavy atom. The third-order valence-electron chi connectivity index (χ3n) is 4.11. The second kappa shape index (κ2) is 7.25. The largest absolute Gasteiger partial charge is 0.416 e. The number of hydrogen-bond donors (Lipinski definition) is 1. The molecule has 0 aliphatic rings. The average Bonchev–Trinajstić information content (AvgIpc) is 2.61. The van der Waals surface area contributed by atoms with Crippen molar-refractivity contribution >= 4 is 11.6 Å². The standard InChI is InChI=1S/C19H14ClF4N3/c20-14-4-5-17(27-11-14)18(25,10-16-3-1-2-6-26-16)12-7-13(19(22,23)24)9-15(21)8-12/h1-9,11H,10,25H2/t18-/m0/s1. The van der Waals surface area contributed by atoms with Crippen LogP contribution in [0.1, 0.15) is 22.5 Å². The van der Waals surface area contributed by atoms with Crippen LogP contribution in [0.15, 0.2) is 60.9 Å². The number of aromatic nitrogens is 2. The van der Waals surface area contributed by atoms with Gasteiger partial charge in [0.2, 0.25) is 0 Å². The summed E-state index contributed by atoms with van der Waals surface area (Å²) in [6.07, 6.45) is -1.82. The van der Waals surface area contributed by atoms with Crippen molar-refractivity contribution in [1.29, 1.82) is 0 Å². The molecule has 0 saturated heterocycles. The molecule has 0 amide bonds. The van der Waals surface area contributed by atoms with Crippen LogP contribution in [-0.4, -0.2) is 9.97 Å². The van der Waals surface area contributed by atoms with Crippen molar-refractivity contribution in [3.05, 3.63) is 94.3 Å². The maximum Gasteiger partial charge on any atom is 0.416 e. The number of benzene rings is 1. The number of hydrogen-bond acceptors (Lipinski definition) is 3. The summed E-state index contributed by atoms with van der Waals surface area (Å²) in [6, 6.07) is 10.4. The maximum atomic E-state index is 14.0. The Bertz CT molecular complexity index is 930. The van der Waals surface area contributed by atoms with Gasteiger partial charge in [-0.1, -0.05) is 17.7 Å². The predicted molar refractivity (Wildman–Crippen MR) is 93.6 cm³/mol. The zero-order chi connectivity index (χ0) is 19.7. The highest BCUT2D eigenvalue weighted by molar-refractivity contribution is 6.30. The first-order chi connectivity index (χ1) is 12.7. The molecule has 2 N–H and O–H groups in total. The van der Waals surface area contributed by atoms with E-state index in [2.05, 4.69) is 9.97 Å². The summed E-state index contributed by atoms with van der Waals surface area (Å²) < 4.78 is 53.5. The molecule has 140 valence electrons. The lowest BCUT2D eigenvalue weighted by Gasteiger charge is -2.30. The Hall–Kier alpha value is -2.51. The van der Waals surface area contributed by atoms with E-state index >= 15 is 0 Å². The summed E-state index contributed by atoms with van der Waals surface area (Å²) in [7, 11) is 0. The number of nitrogens with two attached hydrogens (primary N) is 1. The molecule has 0 spiro atoms. The molecule has 1 atom stereocenters. The van der Waals surface area contributed by atoms with E-state index in [4.69, 9.17) is 17.3 Å². The van der Waals surface area contributed by atoms with Gasteiger partial charge in [-0.05, 0) is 48.0 Å². The Morgan fingerprint density at radius 3 is 2.30 bits per heavy atom. The van der Waals surface area contributed by atoms with Crippen LogP contribution in [0.5, 0.6) is 0 Å². The molecule has 0 saturated carbocycles. The van der Waals surface area contributed by atoms with E-state index in [9.17, 15) is 17.6 Å². The van der Waals surface area contributed by atoms with Crippen LogP contribution in [0.2, 0.25) is 5.02 Å². The number of pyridine rings is 2. The third-order valence-corrected chi connectivity index (χ3v) is 4.33. The first-order valence-corrected chi connectivity index (χ1v) is 8.25. The number of rotatable bonds is 4. The van der Waals surface area contributed by atoms with Gasteiger partial charge < -0.3 is 5.73 Å². The highest BCUT2D eigenvalue weighted by Crippen LogP contribution is 2.36. The number of halogens is 5. The first kappa shape index (κ1) is 19.3. The van der Waals surface area contributed by atoms with E-state index in [1.54, 1.807) is 18.2 Å². The predicted octanol–water partition coefficient (Wildman–Crippen LogP) is 4.73. The van der Waals surface area contributed by atoms with Crippen molar-refractivity contribution in [3.63, 3.8) is 0 Å². The summed E-state index contributed by atoms with van der Waals surface area (Å²) in [5, 5.41) is 0.342. The van der Waals surface area contributed by atoms with Crippen molar-refractivity contribution in [3.8, 4) is 0 Å². The third kappa shape index (κ3) is 4.26. The zero-order valence-corrected chi connectivity index (χ0v) is 14.6. The zero-order valence-electron chi connectivity index (χ0n) is 13.8. The number of alkyl halides is 3. The van der Waals surface area contributed by atoms with Gasteiger partial charge in [0.1, 0.15) is 5.82 Å². The second-order valence-corrected chi connectivity index (χ2v) is 6.49. The topological polar surface area (TPSA) is 51.8 Å². The van der Waals surface area contributed by atoms with E-state index in [1.807, 2.05) is 0 Å². The highest BCUT2D eigenvalue weighted by atomic mass is 35.5. The molecule has 2 heterocycles. The maximum absolute atomic E-state index is 14.0. The van der Waals surface area contributed by atoms with Crippen LogP contribution < -0.4 is 5.73 Å². The molecule has 0 fully saturated rings. The molecule has 0 aliphatic heterocycles. The molecule has 27 heavy (non-hydrogen) atoms. The van der Waals surface area contributed by atoms with Crippen LogP contribution >= 0.6 is 11.6 Å². The molecular formula is C19H14ClF4N3. The summed E-state index contributed by atoms with van der Waals surface area (Å²) in [5.41, 5.74) is 4.57. The molecular weight excluding hydrogens is 382 g/mol. The van der Waals surface area contributed by atoms with Gasteiger partial charge in [0.25, 0.3) is 0 Å². The molecule has 0 unspecified atom stereocenters. The van der Waals surface area contributed by atoms with Crippen LogP contribution in [-0.2, 0) is 18.1 Å². The van der Waals surface area contributed by atoms with E-state index in [0.29, 0.717) is 16.8 Å². The van der Waals surface area contributed by atoms with Gasteiger partial charge in [-0.2, -0.15) is 13.2 Å². The lowest BCUT2D eigenvalue weighted by Crippen LogP contribution is -2.41. The minimum atomic E-state index is -4.71. The first-order valence-electron chi connectivity index (χ1n) is 7.87. The normalized spacial score (nSPS) is 14.0. The molecule has 8 heteroatoms. The van der Waals surface area contributed by atoms with Gasteiger partial charge in [0, 0.05) is 24.5 Å². The van der Waals surface area contributed by atoms with Crippen molar-refractivity contribution in [2.45, 2.75) is 18.1 Å². The fourth-order valence-corrected chi connectivity index (χ4v) is 2.89. The fourth-order valence-electron chi connectivity index (χ4n) is 2.78. The van der Waals surface area contributed by atoms with E-state index < -0.39 is 23.1 Å². The molecule has 0 aliphatic carbocycles. The van der Waals surface area contributed by atoms with E-state index in [-0.39, 0.29) is 17.7 Å². The number of nitrogens with zero attached hydrogens (tertiary/aromatic N) is 2. The Kier molecular flexibility index (Phi) is 5.17. The van der Waals surface area contributed by atoms with Crippen molar-refractivity contribution in [2.24, 2.45) is 5.73 Å². The summed E-state index contributed by atoms with van der Waals surface area (Å²) >= 11 is 5.85. The Morgan fingerprint density at radius 1 is 0.963 bits per heavy atom. The smallest absolute Gasteiger partial charge is 0.316 e. The fraction of sp³-hybridized carbons (Fsp3) is 0.158. The van der Waals surface area contributed by atoms with Gasteiger partial charge in [-0.3, -0.25) is 9.97 Å². The minimum absolute atomic E-state index is 0.0171. The molecule has 3 rings (SSSR count). The summed E-state index contributed by atoms with van der Waals surface area (Å²) in [6.45, 7) is 0. The minimum Gasteiger partial charge on any atom is -0.316 e. The Labute approximate surface area is 157 Å². The van der Waals surface area contributed by atoms with E-state index in [1.165, 1.54) is 24.5 Å². The molecule has 0 bridgehead atoms. The molecule has 0 radical (unpaired) electrons. The Balaban J connectivity index is 2.18. The van der Waals surface area contributed by atoms with Crippen molar-refractivity contribution in [1.82, 2.24) is 9.97 Å². The van der Waals surface area contributed by atoms with Crippen molar-refractivity contribution < 1.29 is 17.6 Å². The second-order valence-electron chi connectivity index (χ2n) is 6.06. The van der Waals surface area contributed by atoms with Gasteiger partial charge >= 0.3 is 6.18 Å². The lowest BCUT2D eigenvalue weighted by molar-refractivity contribution is -0.137. The lowest BCUT2D eigenvalue weighted by atomic mass is 9.82. The highest BCUT2D eigenvalue weighted by Gasteiger charge is 2.37. The van der Waals surface area contributed by atoms with Gasteiger partial charge in [-0.15, -0.1) is 0 Å². The monoisotopic (exact) mass is 395 g/mol. The molecule has 1 aromatic carbocycles. The van der Waals surface area contributed by atoms with E-state index in [0.717, 1.165) is 12.1 Å². The quantitative estimate of drug-likeness (QED) is 0.649. The molecule has 2 aromatic heterocycles. The average molecular weight is 396 g/mol. The van der Waals surface area contributed by atoms with Crippen LogP contribution in [0, 0.1) is 5.82 Å². The van der Waals surface area contributed by atoms with Gasteiger partial charge in [-0.25, -0.2) is 4.39 Å². The molecule has 3 nitrogen and oxygen atoms in total. The van der Waals surface area contributed by atoms with Crippen LogP contribution in [0.3, 0.4) is 0 Å². The van der Waals surface area contributed by atoms with Crippen LogP contribution in [0.25, 0.3) is 0 Å². The summed E-state index contributed by atoms with van der Waals surface area (Å²) in [4.78, 5) is 8.33. The van der Waals surface area contributed by atoms with Crippen molar-refractivity contribution in [2.75, 3.05) is 0 Å². The SMILES string of the molecule is N[C@@](Cc1ccccn1)(c1cc(F)cc(C(F)(F)F)c1)c1ccc(Cl)cn1.